The van der Waals surface area contributed by atoms with Gasteiger partial charge in [-0.05, 0) is 25.8 Å². The van der Waals surface area contributed by atoms with Gasteiger partial charge in [0.2, 0.25) is 0 Å². The van der Waals surface area contributed by atoms with Gasteiger partial charge in [-0.2, -0.15) is 5.10 Å². The van der Waals surface area contributed by atoms with Gasteiger partial charge in [-0.15, -0.1) is 0 Å². The van der Waals surface area contributed by atoms with Crippen LogP contribution in [0, 0.1) is 6.92 Å². The van der Waals surface area contributed by atoms with Gasteiger partial charge in [-0.3, -0.25) is 9.59 Å². The maximum absolute atomic E-state index is 12.4. The molecule has 1 atom stereocenters. The van der Waals surface area contributed by atoms with Crippen LogP contribution in [0.2, 0.25) is 0 Å². The number of hydrogen-bond donors (Lipinski definition) is 1. The third-order valence-corrected chi connectivity index (χ3v) is 3.98. The smallest absolute Gasteiger partial charge is 0.272 e. The highest BCUT2D eigenvalue weighted by atomic mass is 16.2. The van der Waals surface area contributed by atoms with Gasteiger partial charge in [0.05, 0.1) is 5.69 Å². The second-order valence-electron chi connectivity index (χ2n) is 5.94. The maximum atomic E-state index is 12.4. The zero-order valence-corrected chi connectivity index (χ0v) is 13.5. The number of rotatable bonds is 4. The summed E-state index contributed by atoms with van der Waals surface area (Å²) in [5.41, 5.74) is 1.10. The predicted molar refractivity (Wildman–Crippen MR) is 85.3 cm³/mol. The number of amides is 1. The van der Waals surface area contributed by atoms with E-state index >= 15 is 0 Å². The summed E-state index contributed by atoms with van der Waals surface area (Å²) < 4.78 is 3.43. The van der Waals surface area contributed by atoms with E-state index in [1.807, 2.05) is 20.0 Å². The highest BCUT2D eigenvalue weighted by Gasteiger charge is 2.22. The summed E-state index contributed by atoms with van der Waals surface area (Å²) in [6.07, 6.45) is 4.51. The number of aryl methyl sites for hydroxylation is 3. The molecule has 0 fully saturated rings. The number of hydrogen-bond acceptors (Lipinski definition) is 4. The quantitative estimate of drug-likeness (QED) is 0.909. The molecule has 2 aromatic heterocycles. The van der Waals surface area contributed by atoms with E-state index in [0.29, 0.717) is 6.54 Å². The summed E-state index contributed by atoms with van der Waals surface area (Å²) >= 11 is 0. The molecule has 0 saturated carbocycles. The largest absolute Gasteiger partial charge is 0.346 e. The van der Waals surface area contributed by atoms with Crippen LogP contribution in [-0.4, -0.2) is 31.3 Å². The fourth-order valence-electron chi connectivity index (χ4n) is 2.91. The molecule has 1 aliphatic rings. The molecular weight excluding hydrogens is 294 g/mol. The van der Waals surface area contributed by atoms with E-state index in [0.717, 1.165) is 37.3 Å². The Morgan fingerprint density at radius 3 is 3.04 bits per heavy atom. The van der Waals surface area contributed by atoms with Crippen LogP contribution in [0.4, 0.5) is 0 Å². The average molecular weight is 315 g/mol. The van der Waals surface area contributed by atoms with E-state index in [2.05, 4.69) is 20.0 Å². The average Bonchev–Trinajstić information content (AvgIpc) is 2.89. The second-order valence-corrected chi connectivity index (χ2v) is 5.94. The van der Waals surface area contributed by atoms with Gasteiger partial charge in [0, 0.05) is 37.8 Å². The Bertz CT molecular complexity index is 777. The Kier molecular flexibility index (Phi) is 4.27. The molecule has 1 N–H and O–H groups in total. The molecule has 7 heteroatoms. The SMILES string of the molecule is CCCn1nc(C(=O)N[C@@H]2CCc3nc(C)cn3C2)ccc1=O. The highest BCUT2D eigenvalue weighted by molar-refractivity contribution is 5.92. The molecule has 0 radical (unpaired) electrons. The van der Waals surface area contributed by atoms with Crippen molar-refractivity contribution in [3.8, 4) is 0 Å². The molecule has 0 aliphatic carbocycles. The zero-order chi connectivity index (χ0) is 16.4. The highest BCUT2D eigenvalue weighted by Crippen LogP contribution is 2.15. The fourth-order valence-corrected chi connectivity index (χ4v) is 2.91. The van der Waals surface area contributed by atoms with Gasteiger partial charge in [-0.25, -0.2) is 9.67 Å². The minimum Gasteiger partial charge on any atom is -0.346 e. The lowest BCUT2D eigenvalue weighted by Gasteiger charge is -2.24. The third kappa shape index (κ3) is 3.33. The van der Waals surface area contributed by atoms with Crippen LogP contribution in [0.25, 0.3) is 0 Å². The molecule has 1 amide bonds. The van der Waals surface area contributed by atoms with Crippen LogP contribution in [0.5, 0.6) is 0 Å². The molecule has 1 aliphatic heterocycles. The Morgan fingerprint density at radius 2 is 2.26 bits per heavy atom. The van der Waals surface area contributed by atoms with Crippen LogP contribution >= 0.6 is 0 Å². The first-order valence-electron chi connectivity index (χ1n) is 7.98. The Morgan fingerprint density at radius 1 is 1.43 bits per heavy atom. The van der Waals surface area contributed by atoms with Crippen LogP contribution < -0.4 is 10.9 Å². The van der Waals surface area contributed by atoms with Crippen molar-refractivity contribution in [3.63, 3.8) is 0 Å². The molecule has 23 heavy (non-hydrogen) atoms. The van der Waals surface area contributed by atoms with E-state index in [-0.39, 0.29) is 23.2 Å². The van der Waals surface area contributed by atoms with Gasteiger partial charge in [-0.1, -0.05) is 6.92 Å². The van der Waals surface area contributed by atoms with Gasteiger partial charge in [0.1, 0.15) is 11.5 Å². The van der Waals surface area contributed by atoms with E-state index < -0.39 is 0 Å². The van der Waals surface area contributed by atoms with Crippen molar-refractivity contribution >= 4 is 5.91 Å². The minimum absolute atomic E-state index is 0.0527. The van der Waals surface area contributed by atoms with Gasteiger partial charge in [0.25, 0.3) is 11.5 Å². The van der Waals surface area contributed by atoms with Crippen LogP contribution in [0.3, 0.4) is 0 Å². The minimum atomic E-state index is -0.236. The van der Waals surface area contributed by atoms with Crippen LogP contribution in [0.15, 0.2) is 23.1 Å². The monoisotopic (exact) mass is 315 g/mol. The molecule has 3 rings (SSSR count). The van der Waals surface area contributed by atoms with Crippen molar-refractivity contribution < 1.29 is 4.79 Å². The number of carbonyl (C=O) groups excluding carboxylic acids is 1. The molecule has 122 valence electrons. The Labute approximate surface area is 134 Å². The first kappa shape index (κ1) is 15.5. The Hall–Kier alpha value is -2.44. The molecule has 0 aromatic carbocycles. The number of carbonyl (C=O) groups is 1. The molecule has 0 spiro atoms. The first-order chi connectivity index (χ1) is 11.1. The topological polar surface area (TPSA) is 81.8 Å². The van der Waals surface area contributed by atoms with Gasteiger partial charge >= 0.3 is 0 Å². The lowest BCUT2D eigenvalue weighted by Crippen LogP contribution is -2.41. The molecule has 2 aromatic rings. The standard InChI is InChI=1S/C16H21N5O2/c1-3-8-21-15(22)7-5-13(19-21)16(23)18-12-4-6-14-17-11(2)9-20(14)10-12/h5,7,9,12H,3-4,6,8,10H2,1-2H3,(H,18,23)/t12-/m1/s1. The fraction of sp³-hybridized carbons (Fsp3) is 0.500. The number of imidazole rings is 1. The summed E-state index contributed by atoms with van der Waals surface area (Å²) in [6, 6.07) is 2.94. The molecule has 3 heterocycles. The van der Waals surface area contributed by atoms with Crippen molar-refractivity contribution in [3.05, 3.63) is 45.9 Å². The molecule has 7 nitrogen and oxygen atoms in total. The van der Waals surface area contributed by atoms with Crippen molar-refractivity contribution in [1.29, 1.82) is 0 Å². The lowest BCUT2D eigenvalue weighted by molar-refractivity contribution is 0.0920. The number of nitrogens with one attached hydrogen (secondary N) is 1. The number of nitrogens with zero attached hydrogens (tertiary/aromatic N) is 4. The summed E-state index contributed by atoms with van der Waals surface area (Å²) in [5.74, 6) is 0.836. The summed E-state index contributed by atoms with van der Waals surface area (Å²) in [4.78, 5) is 28.5. The number of fused-ring (bicyclic) bond motifs is 1. The molecule has 0 unspecified atom stereocenters. The second kappa shape index (κ2) is 6.36. The van der Waals surface area contributed by atoms with E-state index in [4.69, 9.17) is 0 Å². The summed E-state index contributed by atoms with van der Waals surface area (Å²) in [7, 11) is 0. The maximum Gasteiger partial charge on any atom is 0.272 e. The Balaban J connectivity index is 1.70. The summed E-state index contributed by atoms with van der Waals surface area (Å²) in [5, 5.41) is 7.16. The molecule has 0 bridgehead atoms. The van der Waals surface area contributed by atoms with Gasteiger partial charge < -0.3 is 9.88 Å². The van der Waals surface area contributed by atoms with E-state index in [9.17, 15) is 9.59 Å². The van der Waals surface area contributed by atoms with Crippen LogP contribution in [0.1, 0.15) is 41.8 Å². The first-order valence-corrected chi connectivity index (χ1v) is 7.98. The molecule has 0 saturated heterocycles. The van der Waals surface area contributed by atoms with Gasteiger partial charge in [0.15, 0.2) is 0 Å². The number of aromatic nitrogens is 4. The predicted octanol–water partition coefficient (Wildman–Crippen LogP) is 0.903. The van der Waals surface area contributed by atoms with Crippen molar-refractivity contribution in [2.24, 2.45) is 0 Å². The van der Waals surface area contributed by atoms with Crippen molar-refractivity contribution in [1.82, 2.24) is 24.6 Å². The normalized spacial score (nSPS) is 16.9. The van der Waals surface area contributed by atoms with Crippen LogP contribution in [-0.2, 0) is 19.5 Å². The summed E-state index contributed by atoms with van der Waals surface area (Å²) in [6.45, 7) is 5.17. The van der Waals surface area contributed by atoms with Crippen molar-refractivity contribution in [2.75, 3.05) is 0 Å². The van der Waals surface area contributed by atoms with Crippen molar-refractivity contribution in [2.45, 2.75) is 52.2 Å². The lowest BCUT2D eigenvalue weighted by atomic mass is 10.1. The molecular formula is C16H21N5O2. The van der Waals surface area contributed by atoms with E-state index in [1.165, 1.54) is 16.8 Å². The zero-order valence-electron chi connectivity index (χ0n) is 13.5. The third-order valence-electron chi connectivity index (χ3n) is 3.98. The van der Waals surface area contributed by atoms with E-state index in [1.54, 1.807) is 0 Å².